The van der Waals surface area contributed by atoms with E-state index in [2.05, 4.69) is 15.5 Å². The van der Waals surface area contributed by atoms with Crippen LogP contribution in [0, 0.1) is 0 Å². The van der Waals surface area contributed by atoms with Gasteiger partial charge in [-0.05, 0) is 48.1 Å². The third-order valence-corrected chi connectivity index (χ3v) is 3.61. The fraction of sp³-hybridized carbons (Fsp3) is 0.167. The number of hydrogen-bond acceptors (Lipinski definition) is 4. The molecule has 0 amide bonds. The van der Waals surface area contributed by atoms with Crippen molar-refractivity contribution in [2.24, 2.45) is 5.10 Å². The van der Waals surface area contributed by atoms with Gasteiger partial charge < -0.3 is 9.64 Å². The molecule has 24 heavy (non-hydrogen) atoms. The van der Waals surface area contributed by atoms with Crippen LogP contribution in [0.4, 0.5) is 0 Å². The molecular formula is C18H20N4OS. The van der Waals surface area contributed by atoms with Gasteiger partial charge in [0.05, 0.1) is 12.8 Å². The normalized spacial score (nSPS) is 11.4. The first-order valence-corrected chi connectivity index (χ1v) is 7.79. The highest BCUT2D eigenvalue weighted by Crippen LogP contribution is 2.12. The molecule has 2 aromatic rings. The van der Waals surface area contributed by atoms with E-state index in [0.717, 1.165) is 17.0 Å². The molecule has 6 heteroatoms. The average Bonchev–Trinajstić information content (AvgIpc) is 2.62. The van der Waals surface area contributed by atoms with Crippen LogP contribution in [0.5, 0.6) is 5.75 Å². The van der Waals surface area contributed by atoms with Crippen molar-refractivity contribution in [2.45, 2.75) is 0 Å². The van der Waals surface area contributed by atoms with Crippen LogP contribution in [0.1, 0.15) is 11.3 Å². The van der Waals surface area contributed by atoms with Crippen molar-refractivity contribution in [1.29, 1.82) is 0 Å². The molecule has 1 heterocycles. The molecule has 1 aromatic heterocycles. The Balaban J connectivity index is 2.23. The Morgan fingerprint density at radius 2 is 1.96 bits per heavy atom. The molecule has 0 bridgehead atoms. The largest absolute Gasteiger partial charge is 0.497 e. The molecule has 0 aliphatic rings. The highest BCUT2D eigenvalue weighted by Gasteiger charge is 2.03. The van der Waals surface area contributed by atoms with Gasteiger partial charge in [0.2, 0.25) is 0 Å². The van der Waals surface area contributed by atoms with Gasteiger partial charge in [-0.25, -0.2) is 0 Å². The van der Waals surface area contributed by atoms with Gasteiger partial charge in [-0.15, -0.1) is 0 Å². The van der Waals surface area contributed by atoms with E-state index in [4.69, 9.17) is 17.0 Å². The monoisotopic (exact) mass is 340 g/mol. The standard InChI is InChI=1S/C18H20N4OS/c1-22(2)18(24)21-20-17(16-6-4-5-13-19-16)12-9-14-7-10-15(23-3)11-8-14/h4-13H,1-3H3,(H,21,24)/b12-9+,20-17+. The molecule has 124 valence electrons. The number of hydrazone groups is 1. The van der Waals surface area contributed by atoms with Crippen molar-refractivity contribution in [1.82, 2.24) is 15.3 Å². The van der Waals surface area contributed by atoms with Crippen molar-refractivity contribution in [2.75, 3.05) is 21.2 Å². The summed E-state index contributed by atoms with van der Waals surface area (Å²) in [5, 5.41) is 4.90. The highest BCUT2D eigenvalue weighted by molar-refractivity contribution is 7.80. The summed E-state index contributed by atoms with van der Waals surface area (Å²) in [7, 11) is 5.37. The van der Waals surface area contributed by atoms with Crippen LogP contribution >= 0.6 is 12.2 Å². The number of benzene rings is 1. The number of ether oxygens (including phenoxy) is 1. The van der Waals surface area contributed by atoms with E-state index in [9.17, 15) is 0 Å². The van der Waals surface area contributed by atoms with Gasteiger partial charge >= 0.3 is 0 Å². The predicted molar refractivity (Wildman–Crippen MR) is 102 cm³/mol. The van der Waals surface area contributed by atoms with E-state index in [1.54, 1.807) is 18.2 Å². The first kappa shape index (κ1) is 17.6. The van der Waals surface area contributed by atoms with Gasteiger partial charge in [0.15, 0.2) is 5.11 Å². The molecule has 0 spiro atoms. The van der Waals surface area contributed by atoms with Gasteiger partial charge in [-0.2, -0.15) is 5.10 Å². The quantitative estimate of drug-likeness (QED) is 0.515. The SMILES string of the molecule is COc1ccc(/C=C/C(=N\NC(=S)N(C)C)c2ccccn2)cc1. The zero-order valence-corrected chi connectivity index (χ0v) is 14.7. The number of aromatic nitrogens is 1. The second-order valence-electron chi connectivity index (χ2n) is 5.13. The second-order valence-corrected chi connectivity index (χ2v) is 5.52. The summed E-state index contributed by atoms with van der Waals surface area (Å²) >= 11 is 5.20. The minimum absolute atomic E-state index is 0.529. The molecule has 5 nitrogen and oxygen atoms in total. The predicted octanol–water partition coefficient (Wildman–Crippen LogP) is 2.94. The maximum absolute atomic E-state index is 5.20. The Morgan fingerprint density at radius 1 is 1.21 bits per heavy atom. The molecule has 0 atom stereocenters. The molecule has 0 saturated carbocycles. The number of methoxy groups -OCH3 is 1. The summed E-state index contributed by atoms with van der Waals surface area (Å²) in [5.74, 6) is 0.823. The number of rotatable bonds is 5. The zero-order chi connectivity index (χ0) is 17.4. The lowest BCUT2D eigenvalue weighted by molar-refractivity contribution is 0.415. The van der Waals surface area contributed by atoms with E-state index in [1.807, 2.05) is 68.7 Å². The summed E-state index contributed by atoms with van der Waals surface area (Å²) < 4.78 is 5.16. The van der Waals surface area contributed by atoms with Crippen LogP contribution in [0.25, 0.3) is 6.08 Å². The van der Waals surface area contributed by atoms with Gasteiger partial charge in [0, 0.05) is 20.3 Å². The average molecular weight is 340 g/mol. The number of nitrogens with one attached hydrogen (secondary N) is 1. The summed E-state index contributed by atoms with van der Waals surface area (Å²) in [6, 6.07) is 13.5. The molecule has 0 fully saturated rings. The number of nitrogens with zero attached hydrogens (tertiary/aromatic N) is 3. The van der Waals surface area contributed by atoms with Crippen LogP contribution in [-0.4, -0.2) is 41.9 Å². The number of pyridine rings is 1. The van der Waals surface area contributed by atoms with Crippen molar-refractivity contribution in [3.63, 3.8) is 0 Å². The summed E-state index contributed by atoms with van der Waals surface area (Å²) in [5.41, 5.74) is 5.36. The zero-order valence-electron chi connectivity index (χ0n) is 13.9. The minimum atomic E-state index is 0.529. The van der Waals surface area contributed by atoms with Crippen LogP contribution in [0.3, 0.4) is 0 Å². The van der Waals surface area contributed by atoms with Crippen molar-refractivity contribution < 1.29 is 4.74 Å². The molecule has 0 saturated heterocycles. The summed E-state index contributed by atoms with van der Waals surface area (Å²) in [6.45, 7) is 0. The van der Waals surface area contributed by atoms with E-state index in [1.165, 1.54) is 0 Å². The first-order chi connectivity index (χ1) is 11.6. The van der Waals surface area contributed by atoms with Crippen molar-refractivity contribution >= 4 is 29.1 Å². The Bertz CT molecular complexity index is 724. The Labute approximate surface area is 147 Å². The molecule has 0 radical (unpaired) electrons. The smallest absolute Gasteiger partial charge is 0.189 e. The van der Waals surface area contributed by atoms with Crippen LogP contribution in [-0.2, 0) is 0 Å². The van der Waals surface area contributed by atoms with E-state index in [-0.39, 0.29) is 0 Å². The first-order valence-electron chi connectivity index (χ1n) is 7.38. The number of hydrogen-bond donors (Lipinski definition) is 1. The molecule has 0 aliphatic heterocycles. The van der Waals surface area contributed by atoms with Gasteiger partial charge in [0.25, 0.3) is 0 Å². The van der Waals surface area contributed by atoms with Gasteiger partial charge in [0.1, 0.15) is 11.5 Å². The molecule has 2 rings (SSSR count). The molecular weight excluding hydrogens is 320 g/mol. The molecule has 0 unspecified atom stereocenters. The molecule has 1 N–H and O–H groups in total. The lowest BCUT2D eigenvalue weighted by atomic mass is 10.1. The lowest BCUT2D eigenvalue weighted by Crippen LogP contribution is -2.31. The van der Waals surface area contributed by atoms with Gasteiger partial charge in [-0.3, -0.25) is 10.4 Å². The maximum atomic E-state index is 5.20. The number of thiocarbonyl (C=S) groups is 1. The third-order valence-electron chi connectivity index (χ3n) is 3.15. The fourth-order valence-corrected chi connectivity index (χ4v) is 1.84. The molecule has 0 aliphatic carbocycles. The van der Waals surface area contributed by atoms with Crippen LogP contribution < -0.4 is 10.2 Å². The van der Waals surface area contributed by atoms with E-state index >= 15 is 0 Å². The van der Waals surface area contributed by atoms with Crippen molar-refractivity contribution in [3.05, 3.63) is 66.0 Å². The third kappa shape index (κ3) is 5.17. The van der Waals surface area contributed by atoms with Gasteiger partial charge in [-0.1, -0.05) is 24.3 Å². The lowest BCUT2D eigenvalue weighted by Gasteiger charge is -2.12. The topological polar surface area (TPSA) is 49.8 Å². The van der Waals surface area contributed by atoms with Crippen molar-refractivity contribution in [3.8, 4) is 5.75 Å². The van der Waals surface area contributed by atoms with Crippen LogP contribution in [0.2, 0.25) is 0 Å². The highest BCUT2D eigenvalue weighted by atomic mass is 32.1. The fourth-order valence-electron chi connectivity index (χ4n) is 1.79. The minimum Gasteiger partial charge on any atom is -0.497 e. The van der Waals surface area contributed by atoms with E-state index in [0.29, 0.717) is 10.8 Å². The Kier molecular flexibility index (Phi) is 6.45. The molecule has 1 aromatic carbocycles. The summed E-state index contributed by atoms with van der Waals surface area (Å²) in [4.78, 5) is 6.12. The summed E-state index contributed by atoms with van der Waals surface area (Å²) in [6.07, 6.45) is 5.60. The second kappa shape index (κ2) is 8.79. The van der Waals surface area contributed by atoms with Crippen LogP contribution in [0.15, 0.2) is 59.8 Å². The Morgan fingerprint density at radius 3 is 2.54 bits per heavy atom. The van der Waals surface area contributed by atoms with E-state index < -0.39 is 0 Å². The Hall–Kier alpha value is -2.73. The number of allylic oxidation sites excluding steroid dienone is 1. The maximum Gasteiger partial charge on any atom is 0.189 e.